The Labute approximate surface area is 271 Å². The van der Waals surface area contributed by atoms with Gasteiger partial charge in [-0.15, -0.1) is 0 Å². The number of rotatable bonds is 10. The Bertz CT molecular complexity index is 1810. The second-order valence-corrected chi connectivity index (χ2v) is 14.1. The summed E-state index contributed by atoms with van der Waals surface area (Å²) in [7, 11) is -3.64. The maximum Gasteiger partial charge on any atom is 0.255 e. The van der Waals surface area contributed by atoms with Gasteiger partial charge in [0.1, 0.15) is 5.75 Å². The number of halogens is 1. The second-order valence-electron chi connectivity index (χ2n) is 11.1. The third-order valence-corrected chi connectivity index (χ3v) is 10.6. The van der Waals surface area contributed by atoms with Crippen LogP contribution < -0.4 is 4.74 Å². The lowest BCUT2D eigenvalue weighted by Crippen LogP contribution is -2.51. The first-order valence-electron chi connectivity index (χ1n) is 14.8. The van der Waals surface area contributed by atoms with Gasteiger partial charge in [0.05, 0.1) is 17.3 Å². The number of aliphatic imine (C=N–C) groups is 1. The van der Waals surface area contributed by atoms with E-state index < -0.39 is 21.5 Å². The topological polar surface area (TPSA) is 106 Å². The summed E-state index contributed by atoms with van der Waals surface area (Å²) in [5.74, 6) is 0.452. The maximum atomic E-state index is 14.9. The minimum atomic E-state index is -3.64. The molecule has 10 heteroatoms. The molecule has 45 heavy (non-hydrogen) atoms. The Morgan fingerprint density at radius 2 is 1.62 bits per heavy atom. The standard InChI is InChI=1S/C35H33BrN2O6S/c36-31-14-7-6-13-30(31)32-35(37-33(44-32)25-15-17-28(18-16-25)43-21-8-20-39)23-26-9-4-5-10-27(26)24-38(34(35)40)19-22-45(41,42)29-11-2-1-3-12-29/h1-7,9-18,32,39H,8,19-24H2/t32-,35-/m0/s1. The molecule has 2 heterocycles. The van der Waals surface area contributed by atoms with E-state index in [-0.39, 0.29) is 42.7 Å². The molecule has 8 nitrogen and oxygen atoms in total. The van der Waals surface area contributed by atoms with E-state index in [0.717, 1.165) is 21.2 Å². The van der Waals surface area contributed by atoms with E-state index in [9.17, 15) is 13.2 Å². The summed E-state index contributed by atoms with van der Waals surface area (Å²) in [6.45, 7) is 0.700. The first-order valence-corrected chi connectivity index (χ1v) is 17.2. The third-order valence-electron chi connectivity index (χ3n) is 8.15. The van der Waals surface area contributed by atoms with Crippen molar-refractivity contribution in [2.24, 2.45) is 4.99 Å². The van der Waals surface area contributed by atoms with Crippen molar-refractivity contribution in [3.8, 4) is 5.75 Å². The molecule has 232 valence electrons. The highest BCUT2D eigenvalue weighted by Gasteiger charge is 2.56. The number of benzene rings is 4. The molecule has 2 aliphatic rings. The molecule has 1 spiro atoms. The van der Waals surface area contributed by atoms with Crippen LogP contribution in [-0.2, 0) is 32.3 Å². The summed E-state index contributed by atoms with van der Waals surface area (Å²) in [4.78, 5) is 21.8. The molecule has 0 saturated heterocycles. The molecule has 1 N–H and O–H groups in total. The maximum absolute atomic E-state index is 14.9. The summed E-state index contributed by atoms with van der Waals surface area (Å²) in [6, 6.07) is 31.0. The highest BCUT2D eigenvalue weighted by atomic mass is 79.9. The molecule has 4 aromatic carbocycles. The lowest BCUT2D eigenvalue weighted by molar-refractivity contribution is -0.139. The smallest absolute Gasteiger partial charge is 0.255 e. The van der Waals surface area contributed by atoms with E-state index >= 15 is 0 Å². The number of ether oxygens (including phenoxy) is 2. The Hall–Kier alpha value is -3.99. The fourth-order valence-electron chi connectivity index (χ4n) is 5.81. The van der Waals surface area contributed by atoms with Crippen LogP contribution in [-0.4, -0.2) is 61.3 Å². The number of aliphatic hydroxyl groups excluding tert-OH is 1. The van der Waals surface area contributed by atoms with Gasteiger partial charge >= 0.3 is 0 Å². The molecule has 0 aliphatic carbocycles. The molecule has 2 atom stereocenters. The molecule has 4 aromatic rings. The van der Waals surface area contributed by atoms with Gasteiger partial charge in [0.2, 0.25) is 5.90 Å². The molecule has 0 fully saturated rings. The van der Waals surface area contributed by atoms with Crippen LogP contribution in [0.15, 0.2) is 117 Å². The molecule has 2 aliphatic heterocycles. The lowest BCUT2D eigenvalue weighted by Gasteiger charge is -2.33. The number of aliphatic hydroxyl groups is 1. The molecule has 0 radical (unpaired) electrons. The van der Waals surface area contributed by atoms with Crippen LogP contribution >= 0.6 is 15.9 Å². The number of fused-ring (bicyclic) bond motifs is 1. The molecular weight excluding hydrogens is 656 g/mol. The fraction of sp³-hybridized carbons (Fsp3) is 0.257. The number of hydrogen-bond acceptors (Lipinski definition) is 7. The van der Waals surface area contributed by atoms with Crippen LogP contribution in [0.2, 0.25) is 0 Å². The molecular formula is C35H33BrN2O6S. The quantitative estimate of drug-likeness (QED) is 0.220. The molecule has 6 rings (SSSR count). The van der Waals surface area contributed by atoms with Crippen molar-refractivity contribution < 1.29 is 27.8 Å². The summed E-state index contributed by atoms with van der Waals surface area (Å²) in [5.41, 5.74) is 1.96. The van der Waals surface area contributed by atoms with Gasteiger partial charge in [-0.1, -0.05) is 76.6 Å². The zero-order valence-electron chi connectivity index (χ0n) is 24.5. The van der Waals surface area contributed by atoms with Crippen molar-refractivity contribution in [1.29, 1.82) is 0 Å². The molecule has 0 aromatic heterocycles. The SMILES string of the molecule is O=C1N(CCS(=O)(=O)c2ccccc2)Cc2ccccc2C[C@@]12N=C(c1ccc(OCCCO)cc1)O[C@H]2c1ccccc1Br. The van der Waals surface area contributed by atoms with Gasteiger partial charge in [-0.3, -0.25) is 4.79 Å². The average Bonchev–Trinajstić information content (AvgIpc) is 3.39. The van der Waals surface area contributed by atoms with Crippen LogP contribution in [0.3, 0.4) is 0 Å². The van der Waals surface area contributed by atoms with Gasteiger partial charge in [-0.2, -0.15) is 0 Å². The van der Waals surface area contributed by atoms with Gasteiger partial charge in [0.15, 0.2) is 21.5 Å². The predicted molar refractivity (Wildman–Crippen MR) is 175 cm³/mol. The van der Waals surface area contributed by atoms with Crippen LogP contribution in [0.4, 0.5) is 0 Å². The van der Waals surface area contributed by atoms with Crippen molar-refractivity contribution in [2.45, 2.75) is 35.9 Å². The zero-order valence-corrected chi connectivity index (χ0v) is 26.9. The van der Waals surface area contributed by atoms with E-state index in [4.69, 9.17) is 19.6 Å². The summed E-state index contributed by atoms with van der Waals surface area (Å²) >= 11 is 3.67. The van der Waals surface area contributed by atoms with Crippen molar-refractivity contribution in [2.75, 3.05) is 25.5 Å². The van der Waals surface area contributed by atoms with Crippen molar-refractivity contribution in [3.63, 3.8) is 0 Å². The minimum absolute atomic E-state index is 0.000443. The third kappa shape index (κ3) is 6.40. The van der Waals surface area contributed by atoms with Crippen LogP contribution in [0.25, 0.3) is 0 Å². The van der Waals surface area contributed by atoms with Gasteiger partial charge in [0, 0.05) is 48.1 Å². The summed E-state index contributed by atoms with van der Waals surface area (Å²) < 4.78 is 39.7. The highest BCUT2D eigenvalue weighted by Crippen LogP contribution is 2.47. The van der Waals surface area contributed by atoms with Crippen LogP contribution in [0, 0.1) is 0 Å². The van der Waals surface area contributed by atoms with Crippen molar-refractivity contribution in [3.05, 3.63) is 130 Å². The number of sulfone groups is 1. The number of carbonyl (C=O) groups is 1. The van der Waals surface area contributed by atoms with Crippen LogP contribution in [0.5, 0.6) is 5.75 Å². The van der Waals surface area contributed by atoms with Gasteiger partial charge in [-0.05, 0) is 53.6 Å². The zero-order chi connectivity index (χ0) is 31.4. The molecule has 0 bridgehead atoms. The van der Waals surface area contributed by atoms with E-state index in [1.807, 2.05) is 72.8 Å². The molecule has 0 unspecified atom stereocenters. The average molecular weight is 690 g/mol. The Morgan fingerprint density at radius 1 is 0.933 bits per heavy atom. The first-order chi connectivity index (χ1) is 21.8. The Balaban J connectivity index is 1.41. The normalized spacial score (nSPS) is 19.5. The Morgan fingerprint density at radius 3 is 2.36 bits per heavy atom. The van der Waals surface area contributed by atoms with E-state index in [2.05, 4.69) is 15.9 Å². The second kappa shape index (κ2) is 13.2. The van der Waals surface area contributed by atoms with E-state index in [1.165, 1.54) is 0 Å². The highest BCUT2D eigenvalue weighted by molar-refractivity contribution is 9.10. The van der Waals surface area contributed by atoms with Crippen molar-refractivity contribution in [1.82, 2.24) is 4.90 Å². The number of amides is 1. The lowest BCUT2D eigenvalue weighted by atomic mass is 9.82. The summed E-state index contributed by atoms with van der Waals surface area (Å²) in [6.07, 6.45) is 0.0258. The number of hydrogen-bond donors (Lipinski definition) is 1. The molecule has 1 amide bonds. The number of carbonyl (C=O) groups excluding carboxylic acids is 1. The van der Waals surface area contributed by atoms with Crippen LogP contribution in [0.1, 0.15) is 34.8 Å². The van der Waals surface area contributed by atoms with Gasteiger partial charge < -0.3 is 19.5 Å². The fourth-order valence-corrected chi connectivity index (χ4v) is 7.58. The first kappa shape index (κ1) is 31.0. The minimum Gasteiger partial charge on any atom is -0.494 e. The van der Waals surface area contributed by atoms with Gasteiger partial charge in [-0.25, -0.2) is 13.4 Å². The number of nitrogens with zero attached hydrogens (tertiary/aromatic N) is 2. The monoisotopic (exact) mass is 688 g/mol. The van der Waals surface area contributed by atoms with E-state index in [1.54, 1.807) is 35.2 Å². The Kier molecular flexibility index (Phi) is 9.07. The predicted octanol–water partition coefficient (Wildman–Crippen LogP) is 5.53. The molecule has 0 saturated carbocycles. The largest absolute Gasteiger partial charge is 0.494 e. The summed E-state index contributed by atoms with van der Waals surface area (Å²) in [5, 5.41) is 9.06. The van der Waals surface area contributed by atoms with E-state index in [0.29, 0.717) is 30.2 Å². The van der Waals surface area contributed by atoms with Gasteiger partial charge in [0.25, 0.3) is 5.91 Å². The van der Waals surface area contributed by atoms with Crippen molar-refractivity contribution >= 4 is 37.6 Å².